The number of amides is 2. The van der Waals surface area contributed by atoms with E-state index in [1.54, 1.807) is 7.05 Å². The summed E-state index contributed by atoms with van der Waals surface area (Å²) in [4.78, 5) is 23.9. The summed E-state index contributed by atoms with van der Waals surface area (Å²) in [6.45, 7) is 0.267. The predicted octanol–water partition coefficient (Wildman–Crippen LogP) is 1.68. The number of carboxylic acid groups (broad SMARTS) is 1. The second-order valence-corrected chi connectivity index (χ2v) is 5.57. The first-order valence-electron chi connectivity index (χ1n) is 6.81. The molecule has 2 rings (SSSR count). The molecule has 18 heavy (non-hydrogen) atoms. The van der Waals surface area contributed by atoms with Gasteiger partial charge in [-0.25, -0.2) is 4.79 Å². The van der Waals surface area contributed by atoms with E-state index in [9.17, 15) is 9.59 Å². The van der Waals surface area contributed by atoms with Crippen molar-refractivity contribution in [2.45, 2.75) is 44.6 Å². The normalized spacial score (nSPS) is 20.9. The van der Waals surface area contributed by atoms with Gasteiger partial charge in [0.1, 0.15) is 0 Å². The minimum atomic E-state index is -0.868. The van der Waals surface area contributed by atoms with Crippen LogP contribution in [0.5, 0.6) is 0 Å². The summed E-state index contributed by atoms with van der Waals surface area (Å²) < 4.78 is 0. The average molecular weight is 254 g/mol. The number of nitrogens with one attached hydrogen (secondary N) is 1. The number of rotatable bonds is 6. The summed E-state index contributed by atoms with van der Waals surface area (Å²) >= 11 is 0. The van der Waals surface area contributed by atoms with Gasteiger partial charge in [0, 0.05) is 19.6 Å². The molecule has 0 aliphatic heterocycles. The van der Waals surface area contributed by atoms with E-state index in [4.69, 9.17) is 5.11 Å². The van der Waals surface area contributed by atoms with Crippen LogP contribution in [0.15, 0.2) is 0 Å². The Balaban J connectivity index is 1.78. The number of hydrogen-bond acceptors (Lipinski definition) is 2. The Hall–Kier alpha value is -1.26. The highest BCUT2D eigenvalue weighted by molar-refractivity contribution is 5.75. The third-order valence-electron chi connectivity index (χ3n) is 4.09. The number of nitrogens with zero attached hydrogens (tertiary/aromatic N) is 1. The highest BCUT2D eigenvalue weighted by atomic mass is 16.4. The molecule has 0 saturated heterocycles. The fourth-order valence-electron chi connectivity index (χ4n) is 2.49. The molecule has 2 N–H and O–H groups in total. The van der Waals surface area contributed by atoms with E-state index in [1.165, 1.54) is 37.0 Å². The molecule has 102 valence electrons. The molecular weight excluding hydrogens is 232 g/mol. The number of urea groups is 1. The highest BCUT2D eigenvalue weighted by Crippen LogP contribution is 2.42. The second-order valence-electron chi connectivity index (χ2n) is 5.57. The summed E-state index contributed by atoms with van der Waals surface area (Å²) in [5, 5.41) is 11.7. The Morgan fingerprint density at radius 3 is 2.33 bits per heavy atom. The minimum absolute atomic E-state index is 0.00143. The average Bonchev–Trinajstić information content (AvgIpc) is 3.05. The first kappa shape index (κ1) is 13.2. The zero-order valence-corrected chi connectivity index (χ0v) is 10.9. The molecular formula is C13H22N2O3. The molecule has 0 aromatic rings. The summed E-state index contributed by atoms with van der Waals surface area (Å²) in [5.41, 5.74) is 0. The van der Waals surface area contributed by atoms with Crippen LogP contribution < -0.4 is 5.32 Å². The largest absolute Gasteiger partial charge is 0.481 e. The third kappa shape index (κ3) is 3.37. The van der Waals surface area contributed by atoms with Crippen molar-refractivity contribution in [1.82, 2.24) is 10.2 Å². The monoisotopic (exact) mass is 254 g/mol. The molecule has 0 radical (unpaired) electrons. The van der Waals surface area contributed by atoms with Crippen LogP contribution in [0.4, 0.5) is 4.79 Å². The Labute approximate surface area is 108 Å². The van der Waals surface area contributed by atoms with Crippen LogP contribution in [0.25, 0.3) is 0 Å². The van der Waals surface area contributed by atoms with E-state index in [0.29, 0.717) is 17.9 Å². The van der Waals surface area contributed by atoms with E-state index in [0.717, 1.165) is 0 Å². The quantitative estimate of drug-likeness (QED) is 0.757. The molecule has 2 amide bonds. The number of carboxylic acids is 1. The maximum absolute atomic E-state index is 12.0. The van der Waals surface area contributed by atoms with E-state index in [-0.39, 0.29) is 19.0 Å². The van der Waals surface area contributed by atoms with Crippen molar-refractivity contribution in [3.8, 4) is 0 Å². The van der Waals surface area contributed by atoms with E-state index in [2.05, 4.69) is 5.32 Å². The molecule has 0 spiro atoms. The van der Waals surface area contributed by atoms with E-state index in [1.807, 2.05) is 0 Å². The van der Waals surface area contributed by atoms with Gasteiger partial charge in [-0.2, -0.15) is 0 Å². The number of carbonyl (C=O) groups is 2. The van der Waals surface area contributed by atoms with Gasteiger partial charge in [-0.1, -0.05) is 6.42 Å². The Morgan fingerprint density at radius 1 is 1.28 bits per heavy atom. The molecule has 5 heteroatoms. The first-order valence-corrected chi connectivity index (χ1v) is 6.81. The summed E-state index contributed by atoms with van der Waals surface area (Å²) in [7, 11) is 1.66. The maximum atomic E-state index is 12.0. The maximum Gasteiger partial charge on any atom is 0.317 e. The summed E-state index contributed by atoms with van der Waals surface area (Å²) in [5.74, 6) is 0.439. The number of hydrogen-bond donors (Lipinski definition) is 2. The van der Waals surface area contributed by atoms with Crippen LogP contribution in [0, 0.1) is 11.8 Å². The lowest BCUT2D eigenvalue weighted by Crippen LogP contribution is -2.49. The minimum Gasteiger partial charge on any atom is -0.481 e. The van der Waals surface area contributed by atoms with Crippen molar-refractivity contribution in [2.75, 3.05) is 13.6 Å². The van der Waals surface area contributed by atoms with Gasteiger partial charge in [-0.05, 0) is 37.5 Å². The van der Waals surface area contributed by atoms with Gasteiger partial charge in [-0.3, -0.25) is 4.79 Å². The molecule has 1 atom stereocenters. The Bertz CT molecular complexity index is 324. The van der Waals surface area contributed by atoms with Crippen molar-refractivity contribution in [3.63, 3.8) is 0 Å². The lowest BCUT2D eigenvalue weighted by atomic mass is 9.78. The Morgan fingerprint density at radius 2 is 1.89 bits per heavy atom. The van der Waals surface area contributed by atoms with Gasteiger partial charge in [0.05, 0.1) is 6.42 Å². The fourth-order valence-corrected chi connectivity index (χ4v) is 2.49. The van der Waals surface area contributed by atoms with Gasteiger partial charge in [0.15, 0.2) is 0 Å². The SMILES string of the molecule is CN(CCC(=O)O)C(=O)NC(C1CCC1)C1CC1. The van der Waals surface area contributed by atoms with Crippen molar-refractivity contribution < 1.29 is 14.7 Å². The number of aliphatic carboxylic acids is 1. The smallest absolute Gasteiger partial charge is 0.317 e. The topological polar surface area (TPSA) is 69.6 Å². The van der Waals surface area contributed by atoms with Crippen molar-refractivity contribution in [1.29, 1.82) is 0 Å². The lowest BCUT2D eigenvalue weighted by Gasteiger charge is -2.35. The van der Waals surface area contributed by atoms with Gasteiger partial charge < -0.3 is 15.3 Å². The van der Waals surface area contributed by atoms with Gasteiger partial charge >= 0.3 is 12.0 Å². The predicted molar refractivity (Wildman–Crippen MR) is 67.3 cm³/mol. The van der Waals surface area contributed by atoms with Crippen LogP contribution in [-0.4, -0.2) is 41.6 Å². The molecule has 0 bridgehead atoms. The summed E-state index contributed by atoms with van der Waals surface area (Å²) in [6, 6.07) is 0.193. The second kappa shape index (κ2) is 5.59. The van der Waals surface area contributed by atoms with Gasteiger partial charge in [-0.15, -0.1) is 0 Å². The lowest BCUT2D eigenvalue weighted by molar-refractivity contribution is -0.137. The molecule has 2 aliphatic rings. The molecule has 1 unspecified atom stereocenters. The van der Waals surface area contributed by atoms with E-state index < -0.39 is 5.97 Å². The van der Waals surface area contributed by atoms with Crippen molar-refractivity contribution in [2.24, 2.45) is 11.8 Å². The van der Waals surface area contributed by atoms with E-state index >= 15 is 0 Å². The fraction of sp³-hybridized carbons (Fsp3) is 0.846. The molecule has 0 heterocycles. The van der Waals surface area contributed by atoms with Crippen LogP contribution in [0.2, 0.25) is 0 Å². The highest BCUT2D eigenvalue weighted by Gasteiger charge is 2.40. The third-order valence-corrected chi connectivity index (χ3v) is 4.09. The molecule has 5 nitrogen and oxygen atoms in total. The Kier molecular flexibility index (Phi) is 4.09. The summed E-state index contributed by atoms with van der Waals surface area (Å²) in [6.07, 6.45) is 6.17. The molecule has 2 fully saturated rings. The standard InChI is InChI=1S/C13H22N2O3/c1-15(8-7-11(16)17)13(18)14-12(10-5-6-10)9-3-2-4-9/h9-10,12H,2-8H2,1H3,(H,14,18)(H,16,17). The molecule has 0 aromatic heterocycles. The molecule has 2 saturated carbocycles. The molecule has 2 aliphatic carbocycles. The van der Waals surface area contributed by atoms with Crippen LogP contribution in [0.1, 0.15) is 38.5 Å². The van der Waals surface area contributed by atoms with Crippen LogP contribution in [-0.2, 0) is 4.79 Å². The van der Waals surface area contributed by atoms with Gasteiger partial charge in [0.2, 0.25) is 0 Å². The zero-order chi connectivity index (χ0) is 13.1. The van der Waals surface area contributed by atoms with Crippen molar-refractivity contribution >= 4 is 12.0 Å². The van der Waals surface area contributed by atoms with Crippen LogP contribution in [0.3, 0.4) is 0 Å². The zero-order valence-electron chi connectivity index (χ0n) is 10.9. The van der Waals surface area contributed by atoms with Crippen molar-refractivity contribution in [3.05, 3.63) is 0 Å². The first-order chi connectivity index (χ1) is 8.58. The van der Waals surface area contributed by atoms with Gasteiger partial charge in [0.25, 0.3) is 0 Å². The number of carbonyl (C=O) groups excluding carboxylic acids is 1. The molecule has 0 aromatic carbocycles. The van der Waals surface area contributed by atoms with Crippen LogP contribution >= 0.6 is 0 Å².